The van der Waals surface area contributed by atoms with Gasteiger partial charge in [-0.15, -0.1) is 0 Å². The molecule has 7 nitrogen and oxygen atoms in total. The van der Waals surface area contributed by atoms with E-state index in [0.717, 1.165) is 43.6 Å². The Balaban J connectivity index is 1.51. The second-order valence-corrected chi connectivity index (χ2v) is 8.98. The first-order chi connectivity index (χ1) is 17.0. The number of anilines is 1. The molecule has 1 saturated heterocycles. The van der Waals surface area contributed by atoms with Crippen LogP contribution in [0.3, 0.4) is 0 Å². The van der Waals surface area contributed by atoms with Crippen LogP contribution in [-0.4, -0.2) is 41.6 Å². The number of primary amides is 1. The highest BCUT2D eigenvalue weighted by Crippen LogP contribution is 2.35. The third-order valence-electron chi connectivity index (χ3n) is 6.79. The minimum absolute atomic E-state index is 0.177. The van der Waals surface area contributed by atoms with Crippen molar-refractivity contribution in [3.63, 3.8) is 0 Å². The average Bonchev–Trinajstić information content (AvgIpc) is 3.27. The zero-order valence-electron chi connectivity index (χ0n) is 19.7. The number of hydrogen-bond donors (Lipinski definition) is 1. The normalized spacial score (nSPS) is 14.3. The van der Waals surface area contributed by atoms with Crippen molar-refractivity contribution in [2.75, 3.05) is 25.1 Å². The summed E-state index contributed by atoms with van der Waals surface area (Å²) < 4.78 is 7.13. The third kappa shape index (κ3) is 4.49. The highest BCUT2D eigenvalue weighted by Gasteiger charge is 2.26. The molecule has 2 N–H and O–H groups in total. The minimum atomic E-state index is -0.571. The summed E-state index contributed by atoms with van der Waals surface area (Å²) in [4.78, 5) is 32.1. The molecule has 35 heavy (non-hydrogen) atoms. The summed E-state index contributed by atoms with van der Waals surface area (Å²) in [5, 5.41) is 0.762. The summed E-state index contributed by atoms with van der Waals surface area (Å²) in [7, 11) is 1.49. The Morgan fingerprint density at radius 3 is 2.49 bits per heavy atom. The summed E-state index contributed by atoms with van der Waals surface area (Å²) >= 11 is 0. The van der Waals surface area contributed by atoms with Gasteiger partial charge in [0.15, 0.2) is 0 Å². The maximum atomic E-state index is 13.7. The predicted molar refractivity (Wildman–Crippen MR) is 136 cm³/mol. The summed E-state index contributed by atoms with van der Waals surface area (Å²) in [6.07, 6.45) is 6.34. The molecule has 2 aromatic heterocycles. The van der Waals surface area contributed by atoms with Crippen LogP contribution in [0.5, 0.6) is 5.75 Å². The smallest absolute Gasteiger partial charge is 0.265 e. The highest BCUT2D eigenvalue weighted by molar-refractivity contribution is 6.08. The number of carbonyl (C=O) groups excluding carboxylic acids is 2. The van der Waals surface area contributed by atoms with Gasteiger partial charge in [-0.1, -0.05) is 30.3 Å². The van der Waals surface area contributed by atoms with Crippen LogP contribution in [0.15, 0.2) is 73.1 Å². The number of hydrogen-bond acceptors (Lipinski definition) is 5. The number of carbonyl (C=O) groups is 2. The van der Waals surface area contributed by atoms with Crippen LogP contribution >= 0.6 is 0 Å². The number of ether oxygens (including phenoxy) is 1. The molecule has 1 fully saturated rings. The number of benzene rings is 2. The topological polar surface area (TPSA) is 90.5 Å². The van der Waals surface area contributed by atoms with Crippen molar-refractivity contribution in [2.24, 2.45) is 11.7 Å². The van der Waals surface area contributed by atoms with Crippen LogP contribution in [0, 0.1) is 5.92 Å². The van der Waals surface area contributed by atoms with E-state index in [1.807, 2.05) is 12.1 Å². The molecule has 5 rings (SSSR count). The molecule has 1 aliphatic heterocycles. The number of nitrogens with two attached hydrogens (primary N) is 1. The lowest BCUT2D eigenvalue weighted by Gasteiger charge is -2.34. The van der Waals surface area contributed by atoms with E-state index in [-0.39, 0.29) is 5.91 Å². The molecule has 0 unspecified atom stereocenters. The van der Waals surface area contributed by atoms with E-state index < -0.39 is 5.91 Å². The van der Waals surface area contributed by atoms with Crippen molar-refractivity contribution in [3.05, 3.63) is 89.7 Å². The summed E-state index contributed by atoms with van der Waals surface area (Å²) in [6.45, 7) is 1.68. The molecule has 4 aromatic rings. The molecular formula is C28H28N4O3. The van der Waals surface area contributed by atoms with Crippen molar-refractivity contribution < 1.29 is 14.3 Å². The molecule has 0 aliphatic carbocycles. The van der Waals surface area contributed by atoms with Crippen molar-refractivity contribution in [2.45, 2.75) is 19.3 Å². The molecule has 0 spiro atoms. The second-order valence-electron chi connectivity index (χ2n) is 8.98. The van der Waals surface area contributed by atoms with E-state index in [0.29, 0.717) is 28.3 Å². The molecule has 7 heteroatoms. The lowest BCUT2D eigenvalue weighted by atomic mass is 9.90. The van der Waals surface area contributed by atoms with Crippen LogP contribution < -0.4 is 15.4 Å². The van der Waals surface area contributed by atoms with Crippen molar-refractivity contribution in [1.82, 2.24) is 9.55 Å². The third-order valence-corrected chi connectivity index (χ3v) is 6.79. The minimum Gasteiger partial charge on any atom is -0.496 e. The Bertz CT molecular complexity index is 1360. The molecule has 0 bridgehead atoms. The van der Waals surface area contributed by atoms with E-state index >= 15 is 0 Å². The first-order valence-electron chi connectivity index (χ1n) is 11.8. The first kappa shape index (κ1) is 22.7. The lowest BCUT2D eigenvalue weighted by molar-refractivity contribution is 0.0964. The molecule has 178 valence electrons. The van der Waals surface area contributed by atoms with Crippen LogP contribution in [0.1, 0.15) is 39.1 Å². The zero-order valence-corrected chi connectivity index (χ0v) is 19.7. The van der Waals surface area contributed by atoms with Crippen molar-refractivity contribution in [3.8, 4) is 5.75 Å². The van der Waals surface area contributed by atoms with Gasteiger partial charge in [-0.3, -0.25) is 19.1 Å². The molecule has 0 atom stereocenters. The fraction of sp³-hybridized carbons (Fsp3) is 0.250. The standard InChI is InChI=1S/C28H28N4O3/c1-35-25-17-24-22(15-23(25)27(29)33)16-26(32(24)28(34)21-8-5-11-30-18-21)31-12-9-20(10-13-31)14-19-6-3-2-4-7-19/h2-8,11,15-18,20H,9-10,12-14H2,1H3,(H2,29,33). The van der Waals surface area contributed by atoms with E-state index in [4.69, 9.17) is 10.5 Å². The summed E-state index contributed by atoms with van der Waals surface area (Å²) in [6, 6.07) is 19.5. The monoisotopic (exact) mass is 468 g/mol. The van der Waals surface area contributed by atoms with Gasteiger partial charge in [-0.05, 0) is 55.0 Å². The average molecular weight is 469 g/mol. The summed E-state index contributed by atoms with van der Waals surface area (Å²) in [5.74, 6) is 0.996. The molecule has 3 heterocycles. The Hall–Kier alpha value is -4.13. The van der Waals surface area contributed by atoms with Gasteiger partial charge in [0.2, 0.25) is 0 Å². The number of amides is 1. The fourth-order valence-electron chi connectivity index (χ4n) is 4.96. The lowest BCUT2D eigenvalue weighted by Crippen LogP contribution is -2.36. The maximum absolute atomic E-state index is 13.7. The molecule has 1 aliphatic rings. The van der Waals surface area contributed by atoms with Gasteiger partial charge in [0.1, 0.15) is 11.6 Å². The predicted octanol–water partition coefficient (Wildman–Crippen LogP) is 4.29. The van der Waals surface area contributed by atoms with Crippen LogP contribution in [0.25, 0.3) is 10.9 Å². The fourth-order valence-corrected chi connectivity index (χ4v) is 4.96. The Morgan fingerprint density at radius 1 is 1.06 bits per heavy atom. The number of nitrogens with zero attached hydrogens (tertiary/aromatic N) is 3. The van der Waals surface area contributed by atoms with E-state index in [1.165, 1.54) is 12.7 Å². The van der Waals surface area contributed by atoms with E-state index in [2.05, 4.69) is 34.1 Å². The van der Waals surface area contributed by atoms with Gasteiger partial charge in [0, 0.05) is 36.9 Å². The summed E-state index contributed by atoms with van der Waals surface area (Å²) in [5.41, 5.74) is 8.39. The van der Waals surface area contributed by atoms with Gasteiger partial charge in [0.25, 0.3) is 11.8 Å². The van der Waals surface area contributed by atoms with Gasteiger partial charge in [-0.25, -0.2) is 0 Å². The van der Waals surface area contributed by atoms with Gasteiger partial charge < -0.3 is 15.4 Å². The number of aromatic nitrogens is 2. The first-order valence-corrected chi connectivity index (χ1v) is 11.8. The van der Waals surface area contributed by atoms with Crippen molar-refractivity contribution >= 4 is 28.5 Å². The highest BCUT2D eigenvalue weighted by atomic mass is 16.5. The SMILES string of the molecule is COc1cc2c(cc1C(N)=O)cc(N1CCC(Cc3ccccc3)CC1)n2C(=O)c1cccnc1. The van der Waals surface area contributed by atoms with Gasteiger partial charge >= 0.3 is 0 Å². The Labute approximate surface area is 204 Å². The number of methoxy groups -OCH3 is 1. The van der Waals surface area contributed by atoms with Crippen LogP contribution in [-0.2, 0) is 6.42 Å². The van der Waals surface area contributed by atoms with E-state index in [9.17, 15) is 9.59 Å². The van der Waals surface area contributed by atoms with Crippen LogP contribution in [0.2, 0.25) is 0 Å². The quantitative estimate of drug-likeness (QED) is 0.456. The van der Waals surface area contributed by atoms with E-state index in [1.54, 1.807) is 41.2 Å². The van der Waals surface area contributed by atoms with Crippen LogP contribution in [0.4, 0.5) is 5.82 Å². The van der Waals surface area contributed by atoms with Crippen molar-refractivity contribution in [1.29, 1.82) is 0 Å². The second kappa shape index (κ2) is 9.62. The Kier molecular flexibility index (Phi) is 6.23. The van der Waals surface area contributed by atoms with Gasteiger partial charge in [0.05, 0.1) is 23.8 Å². The Morgan fingerprint density at radius 2 is 1.83 bits per heavy atom. The number of rotatable bonds is 6. The van der Waals surface area contributed by atoms with Gasteiger partial charge in [-0.2, -0.15) is 0 Å². The molecule has 1 amide bonds. The molecular weight excluding hydrogens is 440 g/mol. The largest absolute Gasteiger partial charge is 0.496 e. The number of fused-ring (bicyclic) bond motifs is 1. The molecule has 0 radical (unpaired) electrons. The molecule has 2 aromatic carbocycles. The number of piperidine rings is 1. The molecule has 0 saturated carbocycles. The number of pyridine rings is 1. The maximum Gasteiger partial charge on any atom is 0.265 e. The zero-order chi connectivity index (χ0) is 24.4.